The highest BCUT2D eigenvalue weighted by molar-refractivity contribution is 5.77. The number of carbonyl (C=O) groups is 1. The van der Waals surface area contributed by atoms with Crippen molar-refractivity contribution in [3.05, 3.63) is 83.7 Å². The van der Waals surface area contributed by atoms with Gasteiger partial charge in [-0.15, -0.1) is 0 Å². The number of ether oxygens (including phenoxy) is 1. The molecule has 2 aromatic carbocycles. The molecule has 0 N–H and O–H groups in total. The smallest absolute Gasteiger partial charge is 0.223 e. The first kappa shape index (κ1) is 17.1. The fourth-order valence-electron chi connectivity index (χ4n) is 3.09. The Kier molecular flexibility index (Phi) is 4.78. The van der Waals surface area contributed by atoms with Gasteiger partial charge < -0.3 is 9.64 Å². The van der Waals surface area contributed by atoms with E-state index in [1.165, 1.54) is 18.5 Å². The van der Waals surface area contributed by atoms with Crippen LogP contribution in [0.4, 0.5) is 4.39 Å². The van der Waals surface area contributed by atoms with Crippen LogP contribution in [0.5, 0.6) is 11.5 Å². The predicted molar refractivity (Wildman–Crippen MR) is 97.5 cm³/mol. The summed E-state index contributed by atoms with van der Waals surface area (Å²) in [5, 5.41) is 0. The number of benzene rings is 2. The van der Waals surface area contributed by atoms with Crippen LogP contribution < -0.4 is 4.74 Å². The van der Waals surface area contributed by atoms with E-state index in [0.717, 1.165) is 16.8 Å². The molecule has 6 heteroatoms. The average molecular weight is 363 g/mol. The second-order valence-corrected chi connectivity index (χ2v) is 6.45. The zero-order chi connectivity index (χ0) is 18.6. The number of aromatic nitrogens is 2. The van der Waals surface area contributed by atoms with Crippen molar-refractivity contribution < 1.29 is 13.9 Å². The van der Waals surface area contributed by atoms with Gasteiger partial charge in [0, 0.05) is 24.7 Å². The lowest BCUT2D eigenvalue weighted by atomic mass is 10.1. The van der Waals surface area contributed by atoms with Crippen molar-refractivity contribution in [2.75, 3.05) is 0 Å². The second kappa shape index (κ2) is 7.53. The van der Waals surface area contributed by atoms with Crippen molar-refractivity contribution in [3.8, 4) is 11.5 Å². The first-order valence-electron chi connectivity index (χ1n) is 8.75. The molecule has 1 aliphatic rings. The minimum Gasteiger partial charge on any atom is -0.457 e. The lowest BCUT2D eigenvalue weighted by Gasteiger charge is -2.15. The molecule has 1 aliphatic heterocycles. The highest BCUT2D eigenvalue weighted by Gasteiger charge is 2.23. The molecule has 136 valence electrons. The Morgan fingerprint density at radius 2 is 1.96 bits per heavy atom. The Bertz CT molecular complexity index is 935. The van der Waals surface area contributed by atoms with E-state index in [4.69, 9.17) is 4.74 Å². The zero-order valence-corrected chi connectivity index (χ0v) is 14.6. The highest BCUT2D eigenvalue weighted by Crippen LogP contribution is 2.24. The number of fused-ring (bicyclic) bond motifs is 1. The van der Waals surface area contributed by atoms with Gasteiger partial charge >= 0.3 is 0 Å². The van der Waals surface area contributed by atoms with Gasteiger partial charge in [0.2, 0.25) is 5.91 Å². The summed E-state index contributed by atoms with van der Waals surface area (Å²) >= 11 is 0. The van der Waals surface area contributed by atoms with E-state index in [0.29, 0.717) is 37.4 Å². The van der Waals surface area contributed by atoms with Crippen LogP contribution in [0, 0.1) is 5.82 Å². The fourth-order valence-corrected chi connectivity index (χ4v) is 3.09. The van der Waals surface area contributed by atoms with Crippen molar-refractivity contribution >= 4 is 5.91 Å². The topological polar surface area (TPSA) is 55.3 Å². The molecule has 3 aromatic rings. The summed E-state index contributed by atoms with van der Waals surface area (Å²) in [6.45, 7) is 1.12. The summed E-state index contributed by atoms with van der Waals surface area (Å²) in [4.78, 5) is 22.5. The quantitative estimate of drug-likeness (QED) is 0.690. The standard InChI is InChI=1S/C21H18FN3O2/c22-17-5-7-18(8-6-17)27-19-3-1-2-15(10-19)4-9-21(26)25-12-16-11-23-14-24-20(16)13-25/h1-3,5-8,10-11,14H,4,9,12-13H2. The molecule has 0 saturated carbocycles. The summed E-state index contributed by atoms with van der Waals surface area (Å²) in [5.74, 6) is 1.03. The van der Waals surface area contributed by atoms with Gasteiger partial charge in [-0.25, -0.2) is 14.4 Å². The Morgan fingerprint density at radius 3 is 2.78 bits per heavy atom. The molecule has 0 unspecified atom stereocenters. The van der Waals surface area contributed by atoms with Gasteiger partial charge in [0.25, 0.3) is 0 Å². The van der Waals surface area contributed by atoms with Gasteiger partial charge in [0.15, 0.2) is 0 Å². The summed E-state index contributed by atoms with van der Waals surface area (Å²) in [6, 6.07) is 13.5. The van der Waals surface area contributed by atoms with Crippen LogP contribution in [-0.4, -0.2) is 20.8 Å². The predicted octanol–water partition coefficient (Wildman–Crippen LogP) is 3.88. The Hall–Kier alpha value is -3.28. The highest BCUT2D eigenvalue weighted by atomic mass is 19.1. The Labute approximate surface area is 156 Å². The van der Waals surface area contributed by atoms with Crippen LogP contribution in [0.25, 0.3) is 0 Å². The molecule has 5 nitrogen and oxygen atoms in total. The maximum atomic E-state index is 13.0. The third-order valence-electron chi connectivity index (χ3n) is 4.51. The molecule has 27 heavy (non-hydrogen) atoms. The van der Waals surface area contributed by atoms with Gasteiger partial charge in [-0.05, 0) is 48.4 Å². The summed E-state index contributed by atoms with van der Waals surface area (Å²) in [6.07, 6.45) is 4.32. The molecule has 0 atom stereocenters. The molecular formula is C21H18FN3O2. The summed E-state index contributed by atoms with van der Waals surface area (Å²) < 4.78 is 18.7. The van der Waals surface area contributed by atoms with E-state index in [2.05, 4.69) is 9.97 Å². The van der Waals surface area contributed by atoms with Crippen molar-refractivity contribution in [2.24, 2.45) is 0 Å². The van der Waals surface area contributed by atoms with Crippen molar-refractivity contribution in [1.82, 2.24) is 14.9 Å². The minimum atomic E-state index is -0.301. The van der Waals surface area contributed by atoms with Crippen molar-refractivity contribution in [3.63, 3.8) is 0 Å². The van der Waals surface area contributed by atoms with Gasteiger partial charge in [-0.2, -0.15) is 0 Å². The number of nitrogens with zero attached hydrogens (tertiary/aromatic N) is 3. The largest absolute Gasteiger partial charge is 0.457 e. The Balaban J connectivity index is 1.35. The molecule has 1 amide bonds. The minimum absolute atomic E-state index is 0.0952. The molecule has 0 radical (unpaired) electrons. The average Bonchev–Trinajstić information content (AvgIpc) is 3.13. The monoisotopic (exact) mass is 363 g/mol. The number of rotatable bonds is 5. The number of hydrogen-bond donors (Lipinski definition) is 0. The molecule has 1 aromatic heterocycles. The number of carbonyl (C=O) groups excluding carboxylic acids is 1. The van der Waals surface area contributed by atoms with Gasteiger partial charge in [0.05, 0.1) is 12.2 Å². The van der Waals surface area contributed by atoms with Crippen LogP contribution in [0.2, 0.25) is 0 Å². The number of aryl methyl sites for hydroxylation is 1. The maximum Gasteiger partial charge on any atom is 0.223 e. The third kappa shape index (κ3) is 4.11. The molecule has 0 spiro atoms. The molecular weight excluding hydrogens is 345 g/mol. The number of hydrogen-bond acceptors (Lipinski definition) is 4. The van der Waals surface area contributed by atoms with Crippen LogP contribution in [0.15, 0.2) is 61.1 Å². The summed E-state index contributed by atoms with van der Waals surface area (Å²) in [7, 11) is 0. The van der Waals surface area contributed by atoms with E-state index in [9.17, 15) is 9.18 Å². The van der Waals surface area contributed by atoms with Crippen LogP contribution in [0.3, 0.4) is 0 Å². The summed E-state index contributed by atoms with van der Waals surface area (Å²) in [5.41, 5.74) is 2.95. The molecule has 0 aliphatic carbocycles. The lowest BCUT2D eigenvalue weighted by molar-refractivity contribution is -0.131. The van der Waals surface area contributed by atoms with Gasteiger partial charge in [-0.3, -0.25) is 4.79 Å². The second-order valence-electron chi connectivity index (χ2n) is 6.45. The number of halogens is 1. The third-order valence-corrected chi connectivity index (χ3v) is 4.51. The van der Waals surface area contributed by atoms with Crippen molar-refractivity contribution in [2.45, 2.75) is 25.9 Å². The molecule has 0 bridgehead atoms. The SMILES string of the molecule is O=C(CCc1cccc(Oc2ccc(F)cc2)c1)N1Cc2cncnc2C1. The first-order chi connectivity index (χ1) is 13.2. The normalized spacial score (nSPS) is 12.7. The fraction of sp³-hybridized carbons (Fsp3) is 0.190. The zero-order valence-electron chi connectivity index (χ0n) is 14.6. The lowest BCUT2D eigenvalue weighted by Crippen LogP contribution is -2.25. The maximum absolute atomic E-state index is 13.0. The van der Waals surface area contributed by atoms with E-state index in [1.807, 2.05) is 24.3 Å². The number of amides is 1. The molecule has 4 rings (SSSR count). The first-order valence-corrected chi connectivity index (χ1v) is 8.75. The molecule has 0 fully saturated rings. The van der Waals surface area contributed by atoms with Crippen molar-refractivity contribution in [1.29, 1.82) is 0 Å². The Morgan fingerprint density at radius 1 is 1.11 bits per heavy atom. The van der Waals surface area contributed by atoms with E-state index < -0.39 is 0 Å². The molecule has 0 saturated heterocycles. The van der Waals surface area contributed by atoms with E-state index in [-0.39, 0.29) is 11.7 Å². The van der Waals surface area contributed by atoms with Crippen LogP contribution >= 0.6 is 0 Å². The van der Waals surface area contributed by atoms with Gasteiger partial charge in [0.1, 0.15) is 23.6 Å². The van der Waals surface area contributed by atoms with Crippen LogP contribution in [0.1, 0.15) is 23.2 Å². The van der Waals surface area contributed by atoms with Crippen LogP contribution in [-0.2, 0) is 24.3 Å². The molecule has 2 heterocycles. The van der Waals surface area contributed by atoms with E-state index in [1.54, 1.807) is 23.2 Å². The van der Waals surface area contributed by atoms with Gasteiger partial charge in [-0.1, -0.05) is 12.1 Å². The van der Waals surface area contributed by atoms with E-state index >= 15 is 0 Å².